The van der Waals surface area contributed by atoms with E-state index in [2.05, 4.69) is 15.6 Å². The number of carbonyl (C=O) groups is 2. The number of hydrogen-bond donors (Lipinski definition) is 3. The van der Waals surface area contributed by atoms with E-state index in [1.165, 1.54) is 18.5 Å². The molecule has 18 heavy (non-hydrogen) atoms. The molecule has 0 radical (unpaired) electrons. The van der Waals surface area contributed by atoms with Crippen molar-refractivity contribution in [2.75, 3.05) is 11.9 Å². The van der Waals surface area contributed by atoms with E-state index >= 15 is 0 Å². The molecule has 3 N–H and O–H groups in total. The van der Waals surface area contributed by atoms with E-state index < -0.39 is 5.97 Å². The Morgan fingerprint density at radius 1 is 1.33 bits per heavy atom. The molecule has 1 aromatic rings. The van der Waals surface area contributed by atoms with Gasteiger partial charge in [-0.1, -0.05) is 20.8 Å². The number of amides is 2. The van der Waals surface area contributed by atoms with Crippen LogP contribution in [0.25, 0.3) is 0 Å². The van der Waals surface area contributed by atoms with Gasteiger partial charge in [-0.15, -0.1) is 0 Å². The Balaban J connectivity index is 2.59. The molecule has 0 aliphatic carbocycles. The molecule has 1 rings (SSSR count). The molecule has 0 spiro atoms. The largest absolute Gasteiger partial charge is 0.478 e. The van der Waals surface area contributed by atoms with Crippen LogP contribution < -0.4 is 10.6 Å². The zero-order chi connectivity index (χ0) is 13.8. The van der Waals surface area contributed by atoms with Crippen molar-refractivity contribution in [2.45, 2.75) is 20.8 Å². The highest BCUT2D eigenvalue weighted by molar-refractivity contribution is 5.92. The second-order valence-electron chi connectivity index (χ2n) is 5.14. The highest BCUT2D eigenvalue weighted by Gasteiger charge is 2.12. The first-order valence-corrected chi connectivity index (χ1v) is 5.51. The molecule has 0 fully saturated rings. The molecule has 6 nitrogen and oxygen atoms in total. The lowest BCUT2D eigenvalue weighted by Gasteiger charge is -2.18. The number of pyridine rings is 1. The number of anilines is 1. The summed E-state index contributed by atoms with van der Waals surface area (Å²) in [5.41, 5.74) is 0.364. The van der Waals surface area contributed by atoms with Gasteiger partial charge in [0, 0.05) is 12.7 Å². The fourth-order valence-electron chi connectivity index (χ4n) is 1.15. The first kappa shape index (κ1) is 14.0. The van der Waals surface area contributed by atoms with Gasteiger partial charge in [0.15, 0.2) is 0 Å². The van der Waals surface area contributed by atoms with Crippen LogP contribution in [0.1, 0.15) is 31.1 Å². The fraction of sp³-hybridized carbons (Fsp3) is 0.417. The summed E-state index contributed by atoms with van der Waals surface area (Å²) in [5.74, 6) is -1.08. The average Bonchev–Trinajstić information content (AvgIpc) is 2.26. The molecule has 1 heterocycles. The van der Waals surface area contributed by atoms with Gasteiger partial charge in [-0.3, -0.25) is 4.98 Å². The van der Waals surface area contributed by atoms with E-state index in [-0.39, 0.29) is 17.0 Å². The second kappa shape index (κ2) is 5.48. The monoisotopic (exact) mass is 251 g/mol. The maximum absolute atomic E-state index is 11.5. The fourth-order valence-corrected chi connectivity index (χ4v) is 1.15. The van der Waals surface area contributed by atoms with E-state index in [1.807, 2.05) is 20.8 Å². The lowest BCUT2D eigenvalue weighted by atomic mass is 9.97. The molecule has 98 valence electrons. The van der Waals surface area contributed by atoms with Gasteiger partial charge in [-0.2, -0.15) is 0 Å². The van der Waals surface area contributed by atoms with E-state index in [4.69, 9.17) is 5.11 Å². The standard InChI is InChI=1S/C12H17N3O3/c1-12(2,3)7-14-11(18)15-9-4-8(10(16)17)5-13-6-9/h4-6H,7H2,1-3H3,(H,16,17)(H2,14,15,18). The molecule has 0 saturated carbocycles. The summed E-state index contributed by atoms with van der Waals surface area (Å²) in [4.78, 5) is 26.0. The summed E-state index contributed by atoms with van der Waals surface area (Å²) in [7, 11) is 0. The Labute approximate surface area is 105 Å². The SMILES string of the molecule is CC(C)(C)CNC(=O)Nc1cncc(C(=O)O)c1. The Bertz CT molecular complexity index is 452. The van der Waals surface area contributed by atoms with E-state index in [9.17, 15) is 9.59 Å². The summed E-state index contributed by atoms with van der Waals surface area (Å²) < 4.78 is 0. The topological polar surface area (TPSA) is 91.3 Å². The van der Waals surface area contributed by atoms with Gasteiger partial charge in [0.1, 0.15) is 0 Å². The number of urea groups is 1. The van der Waals surface area contributed by atoms with Crippen molar-refractivity contribution >= 4 is 17.7 Å². The molecule has 6 heteroatoms. The Hall–Kier alpha value is -2.11. The molecule has 0 aliphatic heterocycles. The smallest absolute Gasteiger partial charge is 0.337 e. The lowest BCUT2D eigenvalue weighted by Crippen LogP contribution is -2.35. The number of nitrogens with zero attached hydrogens (tertiary/aromatic N) is 1. The molecule has 1 aromatic heterocycles. The van der Waals surface area contributed by atoms with Crippen LogP contribution in [-0.2, 0) is 0 Å². The number of aromatic nitrogens is 1. The molecule has 0 atom stereocenters. The molecule has 0 aliphatic rings. The summed E-state index contributed by atoms with van der Waals surface area (Å²) in [5, 5.41) is 14.0. The van der Waals surface area contributed by atoms with Crippen molar-refractivity contribution in [3.05, 3.63) is 24.0 Å². The number of carboxylic acids is 1. The third kappa shape index (κ3) is 4.82. The minimum atomic E-state index is -1.08. The predicted octanol–water partition coefficient (Wildman–Crippen LogP) is 1.95. The minimum absolute atomic E-state index is 0.0154. The molecule has 0 unspecified atom stereocenters. The maximum Gasteiger partial charge on any atom is 0.337 e. The minimum Gasteiger partial charge on any atom is -0.478 e. The van der Waals surface area contributed by atoms with Crippen molar-refractivity contribution in [3.63, 3.8) is 0 Å². The third-order valence-electron chi connectivity index (χ3n) is 2.02. The van der Waals surface area contributed by atoms with Crippen molar-refractivity contribution < 1.29 is 14.7 Å². The predicted molar refractivity (Wildman–Crippen MR) is 67.7 cm³/mol. The Kier molecular flexibility index (Phi) is 4.25. The van der Waals surface area contributed by atoms with Crippen LogP contribution in [0.2, 0.25) is 0 Å². The highest BCUT2D eigenvalue weighted by Crippen LogP contribution is 2.11. The molecular weight excluding hydrogens is 234 g/mol. The van der Waals surface area contributed by atoms with Gasteiger partial charge in [-0.05, 0) is 11.5 Å². The average molecular weight is 251 g/mol. The van der Waals surface area contributed by atoms with Crippen LogP contribution >= 0.6 is 0 Å². The number of hydrogen-bond acceptors (Lipinski definition) is 3. The summed E-state index contributed by atoms with van der Waals surface area (Å²) in [6, 6.07) is 0.973. The van der Waals surface area contributed by atoms with Crippen molar-refractivity contribution in [1.29, 1.82) is 0 Å². The first-order valence-electron chi connectivity index (χ1n) is 5.51. The maximum atomic E-state index is 11.5. The van der Waals surface area contributed by atoms with Crippen LogP contribution in [0, 0.1) is 5.41 Å². The number of carboxylic acid groups (broad SMARTS) is 1. The van der Waals surface area contributed by atoms with Gasteiger partial charge < -0.3 is 15.7 Å². The zero-order valence-electron chi connectivity index (χ0n) is 10.7. The van der Waals surface area contributed by atoms with Crippen LogP contribution in [0.4, 0.5) is 10.5 Å². The number of aromatic carboxylic acids is 1. The van der Waals surface area contributed by atoms with E-state index in [1.54, 1.807) is 0 Å². The van der Waals surface area contributed by atoms with Crippen molar-refractivity contribution in [3.8, 4) is 0 Å². The van der Waals surface area contributed by atoms with Crippen LogP contribution in [-0.4, -0.2) is 28.6 Å². The molecule has 0 aromatic carbocycles. The molecule has 0 bridgehead atoms. The van der Waals surface area contributed by atoms with Gasteiger partial charge in [0.2, 0.25) is 0 Å². The normalized spacial score (nSPS) is 10.8. The molecular formula is C12H17N3O3. The quantitative estimate of drug-likeness (QED) is 0.765. The summed E-state index contributed by atoms with van der Waals surface area (Å²) >= 11 is 0. The number of carbonyl (C=O) groups excluding carboxylic acids is 1. The summed E-state index contributed by atoms with van der Waals surface area (Å²) in [6.07, 6.45) is 2.61. The molecule has 2 amide bonds. The number of rotatable bonds is 3. The van der Waals surface area contributed by atoms with Crippen molar-refractivity contribution in [1.82, 2.24) is 10.3 Å². The van der Waals surface area contributed by atoms with Gasteiger partial charge in [0.25, 0.3) is 0 Å². The zero-order valence-corrected chi connectivity index (χ0v) is 10.7. The highest BCUT2D eigenvalue weighted by atomic mass is 16.4. The van der Waals surface area contributed by atoms with Gasteiger partial charge >= 0.3 is 12.0 Å². The van der Waals surface area contributed by atoms with E-state index in [0.717, 1.165) is 0 Å². The van der Waals surface area contributed by atoms with Crippen molar-refractivity contribution in [2.24, 2.45) is 5.41 Å². The third-order valence-corrected chi connectivity index (χ3v) is 2.02. The Morgan fingerprint density at radius 3 is 2.56 bits per heavy atom. The van der Waals surface area contributed by atoms with E-state index in [0.29, 0.717) is 12.2 Å². The number of nitrogens with one attached hydrogen (secondary N) is 2. The van der Waals surface area contributed by atoms with Gasteiger partial charge in [-0.25, -0.2) is 9.59 Å². The first-order chi connectivity index (χ1) is 8.28. The van der Waals surface area contributed by atoms with Gasteiger partial charge in [0.05, 0.1) is 17.4 Å². The van der Waals surface area contributed by atoms with Crippen LogP contribution in [0.15, 0.2) is 18.5 Å². The second-order valence-corrected chi connectivity index (χ2v) is 5.14. The van der Waals surface area contributed by atoms with Crippen LogP contribution in [0.5, 0.6) is 0 Å². The lowest BCUT2D eigenvalue weighted by molar-refractivity contribution is 0.0696. The molecule has 0 saturated heterocycles. The Morgan fingerprint density at radius 2 is 2.00 bits per heavy atom. The van der Waals surface area contributed by atoms with Crippen LogP contribution in [0.3, 0.4) is 0 Å². The summed E-state index contributed by atoms with van der Waals surface area (Å²) in [6.45, 7) is 6.52.